The molecule has 1 amide bonds. The van der Waals surface area contributed by atoms with E-state index >= 15 is 0 Å². The maximum Gasteiger partial charge on any atom is 0.246 e. The first-order chi connectivity index (χ1) is 16.9. The molecule has 2 bridgehead atoms. The molecule has 0 aliphatic carbocycles. The number of carbonyl (C=O) groups excluding carboxylic acids is 1. The van der Waals surface area contributed by atoms with Crippen LogP contribution in [0.2, 0.25) is 10.0 Å². The van der Waals surface area contributed by atoms with Crippen molar-refractivity contribution < 1.29 is 18.7 Å². The van der Waals surface area contributed by atoms with Gasteiger partial charge in [-0.25, -0.2) is 14.4 Å². The molecule has 182 valence electrons. The Morgan fingerprint density at radius 2 is 1.94 bits per heavy atom. The standard InChI is InChI=1S/C25H23Cl2FN4O3/c1-3-22(33)32-13-4-5-14(32)9-15(8-13)35-21-10-16-19(11-20(21)34-2)29-12-30-25(16)31-18-7-6-17(26)23(27)24(18)28/h3,6-7,10-15H,1,4-5,8-9H2,2H3,(H,29,30,31)/t13-,14+,15-. The smallest absolute Gasteiger partial charge is 0.246 e. The van der Waals surface area contributed by atoms with Gasteiger partial charge in [0, 0.05) is 36.4 Å². The highest BCUT2D eigenvalue weighted by molar-refractivity contribution is 6.42. The largest absolute Gasteiger partial charge is 0.493 e. The molecule has 3 heterocycles. The molecule has 2 fully saturated rings. The number of nitrogens with one attached hydrogen (secondary N) is 1. The van der Waals surface area contributed by atoms with Gasteiger partial charge < -0.3 is 19.7 Å². The monoisotopic (exact) mass is 516 g/mol. The molecule has 7 nitrogen and oxygen atoms in total. The Kier molecular flexibility index (Phi) is 6.42. The minimum absolute atomic E-state index is 0.0263. The highest BCUT2D eigenvalue weighted by atomic mass is 35.5. The number of amides is 1. The SMILES string of the molecule is C=CC(=O)N1[C@@H]2CC[C@H]1C[C@H](Oc1cc3c(Nc4ccc(Cl)c(Cl)c4F)ncnc3cc1OC)C2. The van der Waals surface area contributed by atoms with E-state index in [2.05, 4.69) is 21.9 Å². The number of piperidine rings is 1. The summed E-state index contributed by atoms with van der Waals surface area (Å²) in [5, 5.41) is 3.56. The third-order valence-corrected chi connectivity index (χ3v) is 7.40. The second-order valence-electron chi connectivity index (χ2n) is 8.64. The first-order valence-electron chi connectivity index (χ1n) is 11.2. The summed E-state index contributed by atoms with van der Waals surface area (Å²) >= 11 is 11.9. The van der Waals surface area contributed by atoms with E-state index in [9.17, 15) is 9.18 Å². The molecule has 0 saturated carbocycles. The van der Waals surface area contributed by atoms with Gasteiger partial charge in [-0.2, -0.15) is 0 Å². The molecule has 1 aromatic heterocycles. The second kappa shape index (κ2) is 9.51. The predicted octanol–water partition coefficient (Wildman–Crippen LogP) is 5.91. The van der Waals surface area contributed by atoms with E-state index in [1.165, 1.54) is 24.5 Å². The van der Waals surface area contributed by atoms with E-state index in [1.54, 1.807) is 19.2 Å². The zero-order valence-electron chi connectivity index (χ0n) is 18.9. The fourth-order valence-corrected chi connectivity index (χ4v) is 5.34. The van der Waals surface area contributed by atoms with Crippen molar-refractivity contribution in [3.8, 4) is 11.5 Å². The lowest BCUT2D eigenvalue weighted by atomic mass is 9.99. The lowest BCUT2D eigenvalue weighted by Gasteiger charge is -2.38. The number of nitrogens with zero attached hydrogens (tertiary/aromatic N) is 3. The number of benzene rings is 2. The fraction of sp³-hybridized carbons (Fsp3) is 0.320. The van der Waals surface area contributed by atoms with Crippen molar-refractivity contribution in [3.63, 3.8) is 0 Å². The molecule has 2 saturated heterocycles. The molecule has 2 aromatic carbocycles. The van der Waals surface area contributed by atoms with Crippen molar-refractivity contribution in [2.45, 2.75) is 43.9 Å². The number of methoxy groups -OCH3 is 1. The summed E-state index contributed by atoms with van der Waals surface area (Å²) in [4.78, 5) is 22.8. The van der Waals surface area contributed by atoms with Gasteiger partial charge in [0.25, 0.3) is 0 Å². The Hall–Kier alpha value is -3.10. The number of anilines is 2. The van der Waals surface area contributed by atoms with Gasteiger partial charge in [0.1, 0.15) is 18.2 Å². The Bertz CT molecular complexity index is 1310. The van der Waals surface area contributed by atoms with Gasteiger partial charge in [0.2, 0.25) is 5.91 Å². The molecule has 2 aliphatic rings. The van der Waals surface area contributed by atoms with E-state index in [0.29, 0.717) is 28.2 Å². The number of hydrogen-bond donors (Lipinski definition) is 1. The molecule has 1 N–H and O–H groups in total. The highest BCUT2D eigenvalue weighted by Crippen LogP contribution is 2.41. The van der Waals surface area contributed by atoms with Crippen molar-refractivity contribution in [3.05, 3.63) is 59.1 Å². The summed E-state index contributed by atoms with van der Waals surface area (Å²) in [6.07, 6.45) is 6.03. The number of rotatable bonds is 6. The lowest BCUT2D eigenvalue weighted by molar-refractivity contribution is -0.131. The van der Waals surface area contributed by atoms with Crippen LogP contribution >= 0.6 is 23.2 Å². The average molecular weight is 517 g/mol. The van der Waals surface area contributed by atoms with Crippen LogP contribution < -0.4 is 14.8 Å². The molecule has 3 atom stereocenters. The number of aromatic nitrogens is 2. The van der Waals surface area contributed by atoms with E-state index < -0.39 is 5.82 Å². The molecule has 5 rings (SSSR count). The summed E-state index contributed by atoms with van der Waals surface area (Å²) < 4.78 is 26.6. The van der Waals surface area contributed by atoms with Crippen LogP contribution in [-0.2, 0) is 4.79 Å². The van der Waals surface area contributed by atoms with Crippen LogP contribution in [0.15, 0.2) is 43.2 Å². The molecule has 2 aliphatic heterocycles. The maximum atomic E-state index is 14.6. The summed E-state index contributed by atoms with van der Waals surface area (Å²) in [7, 11) is 1.56. The number of hydrogen-bond acceptors (Lipinski definition) is 6. The summed E-state index contributed by atoms with van der Waals surface area (Å²) in [6.45, 7) is 3.63. The van der Waals surface area contributed by atoms with Gasteiger partial charge in [-0.15, -0.1) is 0 Å². The molecular formula is C25H23Cl2FN4O3. The van der Waals surface area contributed by atoms with Gasteiger partial charge in [-0.1, -0.05) is 29.8 Å². The van der Waals surface area contributed by atoms with Crippen LogP contribution in [-0.4, -0.2) is 46.1 Å². The van der Waals surface area contributed by atoms with Gasteiger partial charge in [0.15, 0.2) is 17.3 Å². The summed E-state index contributed by atoms with van der Waals surface area (Å²) in [5.74, 6) is 0.736. The Morgan fingerprint density at radius 3 is 2.63 bits per heavy atom. The van der Waals surface area contributed by atoms with Crippen LogP contribution in [0.5, 0.6) is 11.5 Å². The van der Waals surface area contributed by atoms with Crippen molar-refractivity contribution >= 4 is 51.5 Å². The van der Waals surface area contributed by atoms with Gasteiger partial charge in [0.05, 0.1) is 28.4 Å². The zero-order valence-corrected chi connectivity index (χ0v) is 20.4. The summed E-state index contributed by atoms with van der Waals surface area (Å²) in [5.41, 5.74) is 0.729. The topological polar surface area (TPSA) is 76.6 Å². The number of halogens is 3. The molecule has 0 unspecified atom stereocenters. The number of carbonyl (C=O) groups is 1. The quantitative estimate of drug-likeness (QED) is 0.324. The molecule has 3 aromatic rings. The molecule has 35 heavy (non-hydrogen) atoms. The number of ether oxygens (including phenoxy) is 2. The van der Waals surface area contributed by atoms with Gasteiger partial charge in [-0.05, 0) is 37.1 Å². The van der Waals surface area contributed by atoms with Gasteiger partial charge >= 0.3 is 0 Å². The first kappa shape index (κ1) is 23.6. The zero-order chi connectivity index (χ0) is 24.7. The second-order valence-corrected chi connectivity index (χ2v) is 9.42. The molecule has 0 radical (unpaired) electrons. The van der Waals surface area contributed by atoms with Gasteiger partial charge in [-0.3, -0.25) is 4.79 Å². The van der Waals surface area contributed by atoms with Crippen LogP contribution in [0.1, 0.15) is 25.7 Å². The Balaban J connectivity index is 1.45. The van der Waals surface area contributed by atoms with Crippen LogP contribution in [0.4, 0.5) is 15.9 Å². The first-order valence-corrected chi connectivity index (χ1v) is 12.0. The molecule has 0 spiro atoms. The van der Waals surface area contributed by atoms with E-state index in [-0.39, 0.29) is 39.8 Å². The average Bonchev–Trinajstić information content (AvgIpc) is 3.13. The minimum Gasteiger partial charge on any atom is -0.493 e. The lowest BCUT2D eigenvalue weighted by Crippen LogP contribution is -2.48. The van der Waals surface area contributed by atoms with Crippen molar-refractivity contribution in [1.82, 2.24) is 14.9 Å². The minimum atomic E-state index is -0.674. The van der Waals surface area contributed by atoms with E-state index in [4.69, 9.17) is 32.7 Å². The van der Waals surface area contributed by atoms with Crippen LogP contribution in [0, 0.1) is 5.82 Å². The maximum absolute atomic E-state index is 14.6. The molecule has 10 heteroatoms. The third-order valence-electron chi connectivity index (χ3n) is 6.62. The predicted molar refractivity (Wildman–Crippen MR) is 133 cm³/mol. The highest BCUT2D eigenvalue weighted by Gasteiger charge is 2.43. The Labute approximate surface area is 211 Å². The van der Waals surface area contributed by atoms with Crippen LogP contribution in [0.3, 0.4) is 0 Å². The number of fused-ring (bicyclic) bond motifs is 3. The van der Waals surface area contributed by atoms with E-state index in [0.717, 1.165) is 25.7 Å². The summed E-state index contributed by atoms with van der Waals surface area (Å²) in [6, 6.07) is 6.81. The third kappa shape index (κ3) is 4.36. The van der Waals surface area contributed by atoms with Crippen molar-refractivity contribution in [2.24, 2.45) is 0 Å². The Morgan fingerprint density at radius 1 is 1.20 bits per heavy atom. The fourth-order valence-electron chi connectivity index (χ4n) is 5.03. The van der Waals surface area contributed by atoms with Crippen molar-refractivity contribution in [2.75, 3.05) is 12.4 Å². The van der Waals surface area contributed by atoms with Crippen LogP contribution in [0.25, 0.3) is 10.9 Å². The van der Waals surface area contributed by atoms with E-state index in [1.807, 2.05) is 4.90 Å². The van der Waals surface area contributed by atoms with Crippen molar-refractivity contribution in [1.29, 1.82) is 0 Å². The molecular weight excluding hydrogens is 494 g/mol. The normalized spacial score (nSPS) is 21.1.